The number of amides is 1. The predicted octanol–water partition coefficient (Wildman–Crippen LogP) is 2.98. The van der Waals surface area contributed by atoms with Gasteiger partial charge in [0.05, 0.1) is 11.7 Å². The lowest BCUT2D eigenvalue weighted by Gasteiger charge is -2.18. The highest BCUT2D eigenvalue weighted by atomic mass is 16.4. The topological polar surface area (TPSA) is 84.2 Å². The maximum Gasteiger partial charge on any atom is 0.326 e. The molecule has 2 rings (SSSR count). The number of hydrogen-bond donors (Lipinski definition) is 2. The molecular formula is C19H25N3O3. The zero-order valence-corrected chi connectivity index (χ0v) is 14.9. The summed E-state index contributed by atoms with van der Waals surface area (Å²) in [7, 11) is 0. The molecule has 1 heterocycles. The summed E-state index contributed by atoms with van der Waals surface area (Å²) in [6.45, 7) is 5.92. The fourth-order valence-corrected chi connectivity index (χ4v) is 2.88. The van der Waals surface area contributed by atoms with Crippen LogP contribution in [0, 0.1) is 6.92 Å². The second kappa shape index (κ2) is 8.46. The Kier molecular flexibility index (Phi) is 6.33. The maximum absolute atomic E-state index is 12.7. The van der Waals surface area contributed by atoms with Gasteiger partial charge in [0.25, 0.3) is 5.91 Å². The Balaban J connectivity index is 2.20. The van der Waals surface area contributed by atoms with Crippen molar-refractivity contribution in [3.8, 4) is 0 Å². The first kappa shape index (κ1) is 18.7. The summed E-state index contributed by atoms with van der Waals surface area (Å²) in [5, 5.41) is 16.5. The fourth-order valence-electron chi connectivity index (χ4n) is 2.88. The van der Waals surface area contributed by atoms with Gasteiger partial charge in [0.1, 0.15) is 11.7 Å². The van der Waals surface area contributed by atoms with Crippen molar-refractivity contribution in [1.82, 2.24) is 15.1 Å². The third-order valence-corrected chi connectivity index (χ3v) is 4.26. The molecule has 0 aliphatic carbocycles. The molecule has 0 aliphatic rings. The first-order chi connectivity index (χ1) is 12.0. The van der Waals surface area contributed by atoms with Crippen LogP contribution in [0.5, 0.6) is 0 Å². The van der Waals surface area contributed by atoms with Crippen LogP contribution < -0.4 is 5.32 Å². The van der Waals surface area contributed by atoms with Crippen LogP contribution in [0.15, 0.2) is 36.4 Å². The number of benzene rings is 1. The molecule has 1 atom stereocenters. The van der Waals surface area contributed by atoms with Gasteiger partial charge in [-0.05, 0) is 31.4 Å². The Bertz CT molecular complexity index is 721. The summed E-state index contributed by atoms with van der Waals surface area (Å²) < 4.78 is 1.71. The minimum absolute atomic E-state index is 0.117. The van der Waals surface area contributed by atoms with Crippen LogP contribution in [0.4, 0.5) is 0 Å². The summed E-state index contributed by atoms with van der Waals surface area (Å²) in [6, 6.07) is 10.1. The molecule has 0 saturated heterocycles. The second-order valence-corrected chi connectivity index (χ2v) is 6.14. The Morgan fingerprint density at radius 3 is 2.40 bits per heavy atom. The molecule has 0 fully saturated rings. The van der Waals surface area contributed by atoms with Crippen molar-refractivity contribution in [3.05, 3.63) is 53.3 Å². The highest BCUT2D eigenvalue weighted by molar-refractivity contribution is 5.95. The molecular weight excluding hydrogens is 318 g/mol. The third kappa shape index (κ3) is 4.68. The number of aromatic nitrogens is 2. The number of carbonyl (C=O) groups is 2. The highest BCUT2D eigenvalue weighted by Gasteiger charge is 2.25. The Morgan fingerprint density at radius 1 is 1.20 bits per heavy atom. The van der Waals surface area contributed by atoms with E-state index in [4.69, 9.17) is 0 Å². The number of carboxylic acids is 1. The van der Waals surface area contributed by atoms with Gasteiger partial charge in [0.15, 0.2) is 0 Å². The minimum atomic E-state index is -1.05. The number of nitrogens with one attached hydrogen (secondary N) is 1. The molecule has 2 N–H and O–H groups in total. The molecule has 0 saturated carbocycles. The second-order valence-electron chi connectivity index (χ2n) is 6.14. The molecule has 1 aromatic heterocycles. The highest BCUT2D eigenvalue weighted by Crippen LogP contribution is 2.18. The van der Waals surface area contributed by atoms with E-state index in [9.17, 15) is 14.7 Å². The van der Waals surface area contributed by atoms with Crippen molar-refractivity contribution in [2.75, 3.05) is 0 Å². The van der Waals surface area contributed by atoms with Gasteiger partial charge in [-0.15, -0.1) is 0 Å². The normalized spacial score (nSPS) is 12.2. The molecule has 1 amide bonds. The number of nitrogens with zero attached hydrogens (tertiary/aromatic N) is 2. The van der Waals surface area contributed by atoms with Gasteiger partial charge in [0.2, 0.25) is 0 Å². The quantitative estimate of drug-likeness (QED) is 0.772. The number of carbonyl (C=O) groups excluding carboxylic acids is 1. The van der Waals surface area contributed by atoms with Crippen molar-refractivity contribution in [2.45, 2.75) is 52.1 Å². The number of carboxylic acid groups (broad SMARTS) is 1. The van der Waals surface area contributed by atoms with Gasteiger partial charge in [0, 0.05) is 6.42 Å². The van der Waals surface area contributed by atoms with E-state index < -0.39 is 17.9 Å². The van der Waals surface area contributed by atoms with E-state index >= 15 is 0 Å². The fraction of sp³-hybridized carbons (Fsp3) is 0.421. The Labute approximate surface area is 147 Å². The van der Waals surface area contributed by atoms with Crippen molar-refractivity contribution < 1.29 is 14.7 Å². The summed E-state index contributed by atoms with van der Waals surface area (Å²) in [4.78, 5) is 24.3. The van der Waals surface area contributed by atoms with Gasteiger partial charge < -0.3 is 10.4 Å². The SMILES string of the molecule is CCC(CC)n1nc(C)cc1C(=O)N[C@@H](Cc1ccccc1)C(=O)O. The number of rotatable bonds is 8. The van der Waals surface area contributed by atoms with E-state index in [1.54, 1.807) is 10.7 Å². The minimum Gasteiger partial charge on any atom is -0.480 e. The summed E-state index contributed by atoms with van der Waals surface area (Å²) in [5.41, 5.74) is 2.01. The van der Waals surface area contributed by atoms with Gasteiger partial charge in [-0.2, -0.15) is 5.10 Å². The third-order valence-electron chi connectivity index (χ3n) is 4.26. The Morgan fingerprint density at radius 2 is 1.84 bits per heavy atom. The molecule has 134 valence electrons. The average Bonchev–Trinajstić information content (AvgIpc) is 2.98. The van der Waals surface area contributed by atoms with Crippen LogP contribution >= 0.6 is 0 Å². The smallest absolute Gasteiger partial charge is 0.326 e. The summed E-state index contributed by atoms with van der Waals surface area (Å²) >= 11 is 0. The number of hydrogen-bond acceptors (Lipinski definition) is 3. The van der Waals surface area contributed by atoms with E-state index in [-0.39, 0.29) is 12.5 Å². The van der Waals surface area contributed by atoms with Gasteiger partial charge >= 0.3 is 5.97 Å². The largest absolute Gasteiger partial charge is 0.480 e. The van der Waals surface area contributed by atoms with Gasteiger partial charge in [-0.25, -0.2) is 4.79 Å². The molecule has 6 nitrogen and oxygen atoms in total. The van der Waals surface area contributed by atoms with Crippen molar-refractivity contribution in [3.63, 3.8) is 0 Å². The average molecular weight is 343 g/mol. The summed E-state index contributed by atoms with van der Waals surface area (Å²) in [6.07, 6.45) is 1.94. The van der Waals surface area contributed by atoms with E-state index in [1.807, 2.05) is 51.1 Å². The predicted molar refractivity (Wildman–Crippen MR) is 95.6 cm³/mol. The van der Waals surface area contributed by atoms with Crippen molar-refractivity contribution in [1.29, 1.82) is 0 Å². The maximum atomic E-state index is 12.7. The lowest BCUT2D eigenvalue weighted by Crippen LogP contribution is -2.43. The van der Waals surface area contributed by atoms with Gasteiger partial charge in [-0.3, -0.25) is 9.48 Å². The van der Waals surface area contributed by atoms with E-state index in [1.165, 1.54) is 0 Å². The molecule has 1 aromatic carbocycles. The molecule has 0 radical (unpaired) electrons. The number of aliphatic carboxylic acids is 1. The molecule has 0 bridgehead atoms. The van der Waals surface area contributed by atoms with Crippen LogP contribution in [0.3, 0.4) is 0 Å². The van der Waals surface area contributed by atoms with Crippen LogP contribution in [-0.4, -0.2) is 32.8 Å². The molecule has 2 aromatic rings. The van der Waals surface area contributed by atoms with Gasteiger partial charge in [-0.1, -0.05) is 44.2 Å². The molecule has 0 aliphatic heterocycles. The van der Waals surface area contributed by atoms with Crippen molar-refractivity contribution >= 4 is 11.9 Å². The van der Waals surface area contributed by atoms with Crippen LogP contribution in [0.1, 0.15) is 54.5 Å². The van der Waals surface area contributed by atoms with E-state index in [0.717, 1.165) is 24.1 Å². The standard InChI is InChI=1S/C19H25N3O3/c1-4-15(5-2)22-17(11-13(3)21-22)18(23)20-16(19(24)25)12-14-9-7-6-8-10-14/h6-11,15-16H,4-5,12H2,1-3H3,(H,20,23)(H,24,25)/t16-/m0/s1. The van der Waals surface area contributed by atoms with Crippen LogP contribution in [-0.2, 0) is 11.2 Å². The molecule has 0 spiro atoms. The monoisotopic (exact) mass is 343 g/mol. The Hall–Kier alpha value is -2.63. The molecule has 6 heteroatoms. The molecule has 25 heavy (non-hydrogen) atoms. The first-order valence-electron chi connectivity index (χ1n) is 8.60. The van der Waals surface area contributed by atoms with E-state index in [2.05, 4.69) is 10.4 Å². The first-order valence-corrected chi connectivity index (χ1v) is 8.60. The molecule has 0 unspecified atom stereocenters. The van der Waals surface area contributed by atoms with Crippen molar-refractivity contribution in [2.24, 2.45) is 0 Å². The zero-order chi connectivity index (χ0) is 18.4. The van der Waals surface area contributed by atoms with Crippen LogP contribution in [0.25, 0.3) is 0 Å². The number of aryl methyl sites for hydroxylation is 1. The van der Waals surface area contributed by atoms with E-state index in [0.29, 0.717) is 5.69 Å². The zero-order valence-electron chi connectivity index (χ0n) is 14.9. The summed E-state index contributed by atoms with van der Waals surface area (Å²) in [5.74, 6) is -1.46. The van der Waals surface area contributed by atoms with Crippen LogP contribution in [0.2, 0.25) is 0 Å². The lowest BCUT2D eigenvalue weighted by molar-refractivity contribution is -0.139. The lowest BCUT2D eigenvalue weighted by atomic mass is 10.1.